The van der Waals surface area contributed by atoms with E-state index in [2.05, 4.69) is 25.2 Å². The van der Waals surface area contributed by atoms with Gasteiger partial charge in [-0.05, 0) is 37.3 Å². The summed E-state index contributed by atoms with van der Waals surface area (Å²) in [6, 6.07) is 5.47. The van der Waals surface area contributed by atoms with E-state index in [4.69, 9.17) is 21.1 Å². The molecule has 0 bridgehead atoms. The Labute approximate surface area is 160 Å². The lowest BCUT2D eigenvalue weighted by Crippen LogP contribution is -2.48. The van der Waals surface area contributed by atoms with Crippen LogP contribution in [0.4, 0.5) is 0 Å². The molecule has 1 aliphatic rings. The Morgan fingerprint density at radius 1 is 1.35 bits per heavy atom. The third-order valence-corrected chi connectivity index (χ3v) is 4.99. The van der Waals surface area contributed by atoms with E-state index in [0.29, 0.717) is 47.5 Å². The van der Waals surface area contributed by atoms with Gasteiger partial charge in [0, 0.05) is 5.56 Å². The Kier molecular flexibility index (Phi) is 7.16. The zero-order valence-electron chi connectivity index (χ0n) is 15.7. The van der Waals surface area contributed by atoms with E-state index in [1.807, 2.05) is 0 Å². The molecule has 0 spiro atoms. The van der Waals surface area contributed by atoms with Gasteiger partial charge in [0.05, 0.1) is 24.8 Å². The molecule has 1 aliphatic carbocycles. The van der Waals surface area contributed by atoms with Crippen LogP contribution in [-0.4, -0.2) is 25.2 Å². The van der Waals surface area contributed by atoms with E-state index >= 15 is 0 Å². The number of rotatable bonds is 7. The summed E-state index contributed by atoms with van der Waals surface area (Å²) in [6.07, 6.45) is 5.24. The molecule has 6 heteroatoms. The van der Waals surface area contributed by atoms with Crippen LogP contribution in [0.1, 0.15) is 62.7 Å². The van der Waals surface area contributed by atoms with Gasteiger partial charge in [0.15, 0.2) is 11.5 Å². The average molecular weight is 379 g/mol. The Balaban J connectivity index is 2.17. The molecule has 1 amide bonds. The summed E-state index contributed by atoms with van der Waals surface area (Å²) >= 11 is 6.33. The molecule has 142 valence electrons. The number of carbonyl (C=O) groups is 1. The second-order valence-corrected chi connectivity index (χ2v) is 7.64. The highest BCUT2D eigenvalue weighted by Crippen LogP contribution is 2.37. The monoisotopic (exact) mass is 378 g/mol. The van der Waals surface area contributed by atoms with E-state index in [-0.39, 0.29) is 5.91 Å². The van der Waals surface area contributed by atoms with Gasteiger partial charge in [0.2, 0.25) is 0 Å². The van der Waals surface area contributed by atoms with E-state index in [1.54, 1.807) is 12.1 Å². The van der Waals surface area contributed by atoms with Crippen LogP contribution >= 0.6 is 11.6 Å². The van der Waals surface area contributed by atoms with Crippen molar-refractivity contribution in [2.24, 2.45) is 5.92 Å². The topological polar surface area (TPSA) is 71.3 Å². The van der Waals surface area contributed by atoms with Gasteiger partial charge in [-0.3, -0.25) is 4.79 Å². The Bertz CT molecular complexity index is 676. The van der Waals surface area contributed by atoms with Gasteiger partial charge >= 0.3 is 0 Å². The molecule has 0 unspecified atom stereocenters. The number of hydrogen-bond donors (Lipinski definition) is 1. The summed E-state index contributed by atoms with van der Waals surface area (Å²) in [4.78, 5) is 12.7. The molecule has 5 nitrogen and oxygen atoms in total. The minimum absolute atomic E-state index is 0.317. The Morgan fingerprint density at radius 3 is 2.62 bits per heavy atom. The fraction of sp³-hybridized carbons (Fsp3) is 0.600. The zero-order valence-corrected chi connectivity index (χ0v) is 16.5. The molecule has 0 radical (unpaired) electrons. The van der Waals surface area contributed by atoms with Gasteiger partial charge in [0.25, 0.3) is 5.91 Å². The molecule has 1 aromatic rings. The van der Waals surface area contributed by atoms with Crippen LogP contribution < -0.4 is 14.8 Å². The largest absolute Gasteiger partial charge is 0.493 e. The summed E-state index contributed by atoms with van der Waals surface area (Å²) in [7, 11) is 1.51. The zero-order chi connectivity index (χ0) is 19.2. The summed E-state index contributed by atoms with van der Waals surface area (Å²) in [5.41, 5.74) is -0.426. The molecule has 0 aliphatic heterocycles. The van der Waals surface area contributed by atoms with E-state index in [9.17, 15) is 10.1 Å². The van der Waals surface area contributed by atoms with Crippen molar-refractivity contribution in [3.05, 3.63) is 22.7 Å². The molecule has 2 rings (SSSR count). The second-order valence-electron chi connectivity index (χ2n) is 7.23. The maximum Gasteiger partial charge on any atom is 0.252 e. The maximum absolute atomic E-state index is 12.7. The minimum Gasteiger partial charge on any atom is -0.493 e. The molecular weight excluding hydrogens is 352 g/mol. The number of carbonyl (C=O) groups excluding carboxylic acids is 1. The number of nitrogens with one attached hydrogen (secondary N) is 1. The maximum atomic E-state index is 12.7. The first-order chi connectivity index (χ1) is 12.4. The molecule has 1 aromatic carbocycles. The third kappa shape index (κ3) is 5.04. The van der Waals surface area contributed by atoms with Gasteiger partial charge in [-0.15, -0.1) is 0 Å². The predicted octanol–water partition coefficient (Wildman–Crippen LogP) is 4.73. The van der Waals surface area contributed by atoms with E-state index in [1.165, 1.54) is 7.11 Å². The number of benzene rings is 1. The molecule has 0 atom stereocenters. The number of amides is 1. The molecule has 0 heterocycles. The number of methoxy groups -OCH3 is 1. The molecule has 0 aromatic heterocycles. The lowest BCUT2D eigenvalue weighted by molar-refractivity contribution is 0.0902. The van der Waals surface area contributed by atoms with Crippen LogP contribution in [0.25, 0.3) is 0 Å². The summed E-state index contributed by atoms with van der Waals surface area (Å²) in [5, 5.41) is 12.8. The van der Waals surface area contributed by atoms with Crippen molar-refractivity contribution in [3.8, 4) is 17.6 Å². The SMILES string of the molecule is COc1cc(C(=O)NC2(C#N)CCCCC2)cc(Cl)c1OCCC(C)C. The first kappa shape index (κ1) is 20.4. The van der Waals surface area contributed by atoms with Crippen molar-refractivity contribution in [2.75, 3.05) is 13.7 Å². The summed E-state index contributed by atoms with van der Waals surface area (Å²) in [5.74, 6) is 1.06. The molecular formula is C20H27ClN2O3. The summed E-state index contributed by atoms with van der Waals surface area (Å²) in [6.45, 7) is 4.76. The quantitative estimate of drug-likeness (QED) is 0.744. The number of hydrogen-bond acceptors (Lipinski definition) is 4. The highest BCUT2D eigenvalue weighted by molar-refractivity contribution is 6.32. The van der Waals surface area contributed by atoms with E-state index < -0.39 is 5.54 Å². The first-order valence-electron chi connectivity index (χ1n) is 9.15. The molecule has 1 fully saturated rings. The Hall–Kier alpha value is -1.93. The van der Waals surface area contributed by atoms with Crippen LogP contribution in [0.2, 0.25) is 5.02 Å². The van der Waals surface area contributed by atoms with Crippen molar-refractivity contribution in [3.63, 3.8) is 0 Å². The predicted molar refractivity (Wildman–Crippen MR) is 102 cm³/mol. The van der Waals surface area contributed by atoms with Crippen LogP contribution in [0.15, 0.2) is 12.1 Å². The molecule has 1 N–H and O–H groups in total. The van der Waals surface area contributed by atoms with Crippen molar-refractivity contribution >= 4 is 17.5 Å². The smallest absolute Gasteiger partial charge is 0.252 e. The van der Waals surface area contributed by atoms with Gasteiger partial charge < -0.3 is 14.8 Å². The van der Waals surface area contributed by atoms with Crippen LogP contribution in [0.3, 0.4) is 0 Å². The van der Waals surface area contributed by atoms with Crippen molar-refractivity contribution in [1.29, 1.82) is 5.26 Å². The Morgan fingerprint density at radius 2 is 2.04 bits per heavy atom. The highest BCUT2D eigenvalue weighted by atomic mass is 35.5. The van der Waals surface area contributed by atoms with Crippen molar-refractivity contribution in [2.45, 2.75) is 57.9 Å². The fourth-order valence-corrected chi connectivity index (χ4v) is 3.36. The average Bonchev–Trinajstić information content (AvgIpc) is 2.63. The van der Waals surface area contributed by atoms with Gasteiger partial charge in [-0.2, -0.15) is 5.26 Å². The molecule has 0 saturated heterocycles. The number of nitriles is 1. The lowest BCUT2D eigenvalue weighted by atomic mass is 9.82. The van der Waals surface area contributed by atoms with Gasteiger partial charge in [-0.1, -0.05) is 44.7 Å². The third-order valence-electron chi connectivity index (χ3n) is 4.71. The summed E-state index contributed by atoms with van der Waals surface area (Å²) < 4.78 is 11.1. The number of nitrogens with zero attached hydrogens (tertiary/aromatic N) is 1. The van der Waals surface area contributed by atoms with Gasteiger partial charge in [-0.25, -0.2) is 0 Å². The van der Waals surface area contributed by atoms with Crippen LogP contribution in [0.5, 0.6) is 11.5 Å². The molecule has 26 heavy (non-hydrogen) atoms. The lowest BCUT2D eigenvalue weighted by Gasteiger charge is -2.31. The molecule has 1 saturated carbocycles. The van der Waals surface area contributed by atoms with Gasteiger partial charge in [0.1, 0.15) is 5.54 Å². The fourth-order valence-electron chi connectivity index (χ4n) is 3.10. The van der Waals surface area contributed by atoms with Crippen LogP contribution in [-0.2, 0) is 0 Å². The first-order valence-corrected chi connectivity index (χ1v) is 9.52. The second kappa shape index (κ2) is 9.14. The van der Waals surface area contributed by atoms with Crippen molar-refractivity contribution in [1.82, 2.24) is 5.32 Å². The highest BCUT2D eigenvalue weighted by Gasteiger charge is 2.34. The normalized spacial score (nSPS) is 16.0. The number of ether oxygens (including phenoxy) is 2. The van der Waals surface area contributed by atoms with E-state index in [0.717, 1.165) is 25.7 Å². The van der Waals surface area contributed by atoms with Crippen molar-refractivity contribution < 1.29 is 14.3 Å². The minimum atomic E-state index is -0.790. The number of halogens is 1. The standard InChI is InChI=1S/C20H27ClN2O3/c1-14(2)7-10-26-18-16(21)11-15(12-17(18)25-3)19(24)23-20(13-22)8-5-4-6-9-20/h11-12,14H,4-10H2,1-3H3,(H,23,24). The van der Waals surface area contributed by atoms with Crippen LogP contribution in [0, 0.1) is 17.2 Å².